The lowest BCUT2D eigenvalue weighted by Crippen LogP contribution is -2.43. The van der Waals surface area contributed by atoms with Crippen LogP contribution < -0.4 is 20.9 Å². The lowest BCUT2D eigenvalue weighted by Gasteiger charge is -2.32. The molecule has 1 unspecified atom stereocenters. The molecule has 0 aliphatic carbocycles. The molecule has 2 fully saturated rings. The van der Waals surface area contributed by atoms with Gasteiger partial charge in [-0.05, 0) is 5.56 Å². The van der Waals surface area contributed by atoms with E-state index in [9.17, 15) is 4.79 Å². The average Bonchev–Trinajstić information content (AvgIpc) is 3.35. The number of aromatic amines is 1. The number of carbonyl (C=O) groups excluding carboxylic acids is 1. The average molecular weight is 414 g/mol. The number of benzene rings is 1. The van der Waals surface area contributed by atoms with Crippen molar-refractivity contribution in [2.24, 2.45) is 0 Å². The lowest BCUT2D eigenvalue weighted by molar-refractivity contribution is -0.119. The Labute approximate surface area is 174 Å². The Balaban J connectivity index is 0.00000205. The van der Waals surface area contributed by atoms with Crippen molar-refractivity contribution in [2.45, 2.75) is 12.5 Å². The molecule has 3 aromatic rings. The molecule has 1 amide bonds. The van der Waals surface area contributed by atoms with Gasteiger partial charge in [0.15, 0.2) is 11.5 Å². The van der Waals surface area contributed by atoms with Gasteiger partial charge in [-0.15, -0.1) is 12.4 Å². The van der Waals surface area contributed by atoms with Gasteiger partial charge in [-0.1, -0.05) is 30.3 Å². The molecular weight excluding hydrogens is 390 g/mol. The summed E-state index contributed by atoms with van der Waals surface area (Å²) in [5.74, 6) is 0.832. The quantitative estimate of drug-likeness (QED) is 0.520. The minimum atomic E-state index is 0. The van der Waals surface area contributed by atoms with E-state index in [1.165, 1.54) is 0 Å². The Kier molecular flexibility index (Phi) is 5.55. The van der Waals surface area contributed by atoms with Gasteiger partial charge in [0.25, 0.3) is 0 Å². The molecule has 1 atom stereocenters. The van der Waals surface area contributed by atoms with E-state index < -0.39 is 0 Å². The van der Waals surface area contributed by atoms with E-state index in [0.29, 0.717) is 13.0 Å². The van der Waals surface area contributed by atoms with Gasteiger partial charge in [0.1, 0.15) is 0 Å². The van der Waals surface area contributed by atoms with Gasteiger partial charge in [0.2, 0.25) is 5.91 Å². The van der Waals surface area contributed by atoms with Crippen LogP contribution in [0.15, 0.2) is 36.5 Å². The van der Waals surface area contributed by atoms with Crippen LogP contribution in [0.3, 0.4) is 0 Å². The minimum absolute atomic E-state index is 0. The Bertz CT molecular complexity index is 1000. The number of hydrogen-bond acceptors (Lipinski definition) is 6. The first kappa shape index (κ1) is 19.5. The standard InChI is InChI=1S/C20H23N7O.ClH/c28-16-10-14(11-22-16)24-20-17-18(27-8-6-21-7-9-27)15(12-23-19(17)25-26-20)13-4-2-1-3-5-13;/h1-5,12,14,21H,6-11H2,(H,22,28)(H2,23,24,25,26);1H. The third kappa shape index (κ3) is 3.73. The molecule has 4 N–H and O–H groups in total. The molecule has 0 bridgehead atoms. The number of hydrogen-bond donors (Lipinski definition) is 4. The summed E-state index contributed by atoms with van der Waals surface area (Å²) in [6.07, 6.45) is 2.39. The van der Waals surface area contributed by atoms with Gasteiger partial charge in [-0.2, -0.15) is 5.10 Å². The van der Waals surface area contributed by atoms with E-state index in [1.807, 2.05) is 24.4 Å². The number of amides is 1. The molecular formula is C20H24ClN7O. The summed E-state index contributed by atoms with van der Waals surface area (Å²) in [6, 6.07) is 10.4. The summed E-state index contributed by atoms with van der Waals surface area (Å²) in [6.45, 7) is 4.35. The maximum Gasteiger partial charge on any atom is 0.222 e. The van der Waals surface area contributed by atoms with Crippen LogP contribution in [0.5, 0.6) is 0 Å². The predicted octanol–water partition coefficient (Wildman–Crippen LogP) is 1.76. The first-order chi connectivity index (χ1) is 13.8. The molecule has 0 spiro atoms. The van der Waals surface area contributed by atoms with Gasteiger partial charge in [-0.25, -0.2) is 4.98 Å². The summed E-state index contributed by atoms with van der Waals surface area (Å²) >= 11 is 0. The highest BCUT2D eigenvalue weighted by Gasteiger charge is 2.26. The molecule has 8 nitrogen and oxygen atoms in total. The molecule has 9 heteroatoms. The second-order valence-electron chi connectivity index (χ2n) is 7.27. The minimum Gasteiger partial charge on any atom is -0.368 e. The van der Waals surface area contributed by atoms with Crippen LogP contribution in [-0.4, -0.2) is 59.9 Å². The lowest BCUT2D eigenvalue weighted by atomic mass is 10.0. The van der Waals surface area contributed by atoms with Crippen molar-refractivity contribution in [2.75, 3.05) is 42.9 Å². The van der Waals surface area contributed by atoms with E-state index in [-0.39, 0.29) is 24.4 Å². The SMILES string of the molecule is Cl.O=C1CC(Nc2n[nH]c3ncc(-c4ccccc4)c(N4CCNCC4)c23)CN1. The fourth-order valence-electron chi connectivity index (χ4n) is 4.03. The number of rotatable bonds is 4. The number of anilines is 2. The molecule has 4 heterocycles. The van der Waals surface area contributed by atoms with Gasteiger partial charge in [0, 0.05) is 50.9 Å². The van der Waals surface area contributed by atoms with Crippen molar-refractivity contribution in [3.05, 3.63) is 36.5 Å². The Morgan fingerprint density at radius 1 is 1.14 bits per heavy atom. The second-order valence-corrected chi connectivity index (χ2v) is 7.27. The predicted molar refractivity (Wildman–Crippen MR) is 117 cm³/mol. The number of nitrogens with zero attached hydrogens (tertiary/aromatic N) is 3. The van der Waals surface area contributed by atoms with E-state index in [4.69, 9.17) is 0 Å². The van der Waals surface area contributed by atoms with Crippen LogP contribution in [-0.2, 0) is 4.79 Å². The summed E-state index contributed by atoms with van der Waals surface area (Å²) in [5.41, 5.74) is 4.13. The van der Waals surface area contributed by atoms with Crippen LogP contribution in [0, 0.1) is 0 Å². The first-order valence-electron chi connectivity index (χ1n) is 9.71. The summed E-state index contributed by atoms with van der Waals surface area (Å²) in [7, 11) is 0. The monoisotopic (exact) mass is 413 g/mol. The van der Waals surface area contributed by atoms with Crippen LogP contribution in [0.25, 0.3) is 22.2 Å². The number of H-pyrrole nitrogens is 1. The summed E-state index contributed by atoms with van der Waals surface area (Å²) in [5, 5.41) is 18.3. The van der Waals surface area contributed by atoms with E-state index >= 15 is 0 Å². The van der Waals surface area contributed by atoms with E-state index in [2.05, 4.69) is 48.2 Å². The molecule has 2 aromatic heterocycles. The number of fused-ring (bicyclic) bond motifs is 1. The van der Waals surface area contributed by atoms with Crippen LogP contribution in [0.4, 0.5) is 11.5 Å². The maximum atomic E-state index is 11.6. The first-order valence-corrected chi connectivity index (χ1v) is 9.71. The number of pyridine rings is 1. The number of aromatic nitrogens is 3. The van der Waals surface area contributed by atoms with Crippen molar-refractivity contribution in [1.29, 1.82) is 0 Å². The third-order valence-electron chi connectivity index (χ3n) is 5.40. The van der Waals surface area contributed by atoms with Crippen molar-refractivity contribution < 1.29 is 4.79 Å². The van der Waals surface area contributed by atoms with Crippen molar-refractivity contribution in [1.82, 2.24) is 25.8 Å². The maximum absolute atomic E-state index is 11.6. The fourth-order valence-corrected chi connectivity index (χ4v) is 4.03. The van der Waals surface area contributed by atoms with E-state index in [0.717, 1.165) is 59.8 Å². The Morgan fingerprint density at radius 2 is 1.93 bits per heavy atom. The normalized spacial score (nSPS) is 19.1. The zero-order valence-corrected chi connectivity index (χ0v) is 16.8. The molecule has 1 aromatic carbocycles. The highest BCUT2D eigenvalue weighted by Crippen LogP contribution is 2.39. The number of carbonyl (C=O) groups is 1. The number of nitrogens with one attached hydrogen (secondary N) is 4. The largest absolute Gasteiger partial charge is 0.368 e. The zero-order chi connectivity index (χ0) is 18.9. The van der Waals surface area contributed by atoms with Crippen LogP contribution >= 0.6 is 12.4 Å². The summed E-state index contributed by atoms with van der Waals surface area (Å²) in [4.78, 5) is 18.6. The van der Waals surface area contributed by atoms with Gasteiger partial charge >= 0.3 is 0 Å². The van der Waals surface area contributed by atoms with Gasteiger partial charge < -0.3 is 20.9 Å². The van der Waals surface area contributed by atoms with Crippen molar-refractivity contribution in [3.63, 3.8) is 0 Å². The smallest absolute Gasteiger partial charge is 0.222 e. The highest BCUT2D eigenvalue weighted by molar-refractivity contribution is 6.05. The Morgan fingerprint density at radius 3 is 2.66 bits per heavy atom. The van der Waals surface area contributed by atoms with Crippen molar-refractivity contribution >= 4 is 40.9 Å². The molecule has 2 aliphatic heterocycles. The second kappa shape index (κ2) is 8.26. The van der Waals surface area contributed by atoms with Gasteiger partial charge in [0.05, 0.1) is 17.1 Å². The molecule has 29 heavy (non-hydrogen) atoms. The summed E-state index contributed by atoms with van der Waals surface area (Å²) < 4.78 is 0. The third-order valence-corrected chi connectivity index (χ3v) is 5.40. The molecule has 2 saturated heterocycles. The molecule has 2 aliphatic rings. The van der Waals surface area contributed by atoms with Crippen LogP contribution in [0.1, 0.15) is 6.42 Å². The van der Waals surface area contributed by atoms with Crippen molar-refractivity contribution in [3.8, 4) is 11.1 Å². The zero-order valence-electron chi connectivity index (χ0n) is 15.9. The van der Waals surface area contributed by atoms with Crippen LogP contribution in [0.2, 0.25) is 0 Å². The molecule has 0 saturated carbocycles. The molecule has 5 rings (SSSR count). The number of piperazine rings is 1. The number of halogens is 1. The molecule has 0 radical (unpaired) electrons. The Hall–Kier alpha value is -2.84. The fraction of sp³-hybridized carbons (Fsp3) is 0.350. The van der Waals surface area contributed by atoms with E-state index in [1.54, 1.807) is 0 Å². The highest BCUT2D eigenvalue weighted by atomic mass is 35.5. The molecule has 152 valence electrons. The topological polar surface area (TPSA) is 98.0 Å². The van der Waals surface area contributed by atoms with Gasteiger partial charge in [-0.3, -0.25) is 9.89 Å².